The number of nitrogens with zero attached hydrogens (tertiary/aromatic N) is 1. The standard InChI is InChI=1S/C88H171NO8/c1-6-8-10-12-14-16-18-20-22-24-26-28-30-32-34-36-38-40-41-42-43-44-45-47-48-50-52-54-56-58-60-62-64-66-68-70-72-74-76-78-85(90)95-82-84(83-96-88(87(92)93)94-81-80-89(3,4)5)97-86(91)79-77-75-73-71-69-67-65-63-61-59-57-55-53-51-49-46-39-37-35-33-31-29-27-25-23-21-19-17-15-13-11-9-7-2/h25,27,84,88H,6-24,26,28-83H2,1-5H3/b27-25-. The molecule has 0 saturated heterocycles. The van der Waals surface area contributed by atoms with Crippen LogP contribution in [0.3, 0.4) is 0 Å². The molecule has 0 fully saturated rings. The zero-order valence-corrected chi connectivity index (χ0v) is 66.3. The molecule has 0 aromatic carbocycles. The number of carbonyl (C=O) groups is 3. The van der Waals surface area contributed by atoms with Gasteiger partial charge in [0.05, 0.1) is 40.3 Å². The molecule has 0 spiro atoms. The van der Waals surface area contributed by atoms with Gasteiger partial charge in [-0.05, 0) is 38.5 Å². The fraction of sp³-hybridized carbons (Fsp3) is 0.943. The van der Waals surface area contributed by atoms with Crippen LogP contribution < -0.4 is 5.11 Å². The van der Waals surface area contributed by atoms with Crippen molar-refractivity contribution in [2.24, 2.45) is 0 Å². The van der Waals surface area contributed by atoms with Crippen LogP contribution in [-0.2, 0) is 33.3 Å². The number of rotatable bonds is 84. The Balaban J connectivity index is 3.89. The molecule has 0 aliphatic heterocycles. The van der Waals surface area contributed by atoms with Crippen molar-refractivity contribution in [1.82, 2.24) is 0 Å². The zero-order chi connectivity index (χ0) is 70.4. The van der Waals surface area contributed by atoms with E-state index in [2.05, 4.69) is 26.0 Å². The van der Waals surface area contributed by atoms with E-state index in [1.54, 1.807) is 0 Å². The smallest absolute Gasteiger partial charge is 0.306 e. The van der Waals surface area contributed by atoms with Crippen LogP contribution in [0, 0.1) is 0 Å². The monoisotopic (exact) mass is 1370 g/mol. The Morgan fingerprint density at radius 2 is 0.526 bits per heavy atom. The topological polar surface area (TPSA) is 111 Å². The molecule has 0 bridgehead atoms. The van der Waals surface area contributed by atoms with Crippen LogP contribution in [0.2, 0.25) is 0 Å². The number of carboxylic acids is 1. The van der Waals surface area contributed by atoms with Crippen molar-refractivity contribution in [3.63, 3.8) is 0 Å². The van der Waals surface area contributed by atoms with Gasteiger partial charge < -0.3 is 33.3 Å². The van der Waals surface area contributed by atoms with Gasteiger partial charge in [-0.15, -0.1) is 0 Å². The van der Waals surface area contributed by atoms with Gasteiger partial charge in [-0.1, -0.05) is 437 Å². The van der Waals surface area contributed by atoms with Gasteiger partial charge in [0.25, 0.3) is 0 Å². The van der Waals surface area contributed by atoms with Crippen LogP contribution in [0.5, 0.6) is 0 Å². The maximum atomic E-state index is 13.0. The molecule has 0 aromatic rings. The molecule has 0 radical (unpaired) electrons. The summed E-state index contributed by atoms with van der Waals surface area (Å²) in [5.74, 6) is -2.24. The Morgan fingerprint density at radius 1 is 0.299 bits per heavy atom. The van der Waals surface area contributed by atoms with E-state index >= 15 is 0 Å². The van der Waals surface area contributed by atoms with E-state index in [9.17, 15) is 19.5 Å². The molecule has 0 aliphatic rings. The minimum atomic E-state index is -1.62. The minimum Gasteiger partial charge on any atom is -0.545 e. The maximum absolute atomic E-state index is 13.0. The van der Waals surface area contributed by atoms with Crippen LogP contribution in [-0.4, -0.2) is 82.3 Å². The van der Waals surface area contributed by atoms with Crippen molar-refractivity contribution >= 4 is 17.9 Å². The number of allylic oxidation sites excluding steroid dienone is 2. The van der Waals surface area contributed by atoms with Gasteiger partial charge >= 0.3 is 11.9 Å². The quantitative estimate of drug-likeness (QED) is 0.0195. The number of hydrogen-bond acceptors (Lipinski definition) is 8. The molecule has 0 aliphatic carbocycles. The summed E-state index contributed by atoms with van der Waals surface area (Å²) in [6.07, 6.45) is 98.1. The van der Waals surface area contributed by atoms with Gasteiger partial charge in [0, 0.05) is 12.8 Å². The first-order chi connectivity index (χ1) is 47.6. The van der Waals surface area contributed by atoms with Crippen molar-refractivity contribution in [2.75, 3.05) is 47.5 Å². The Labute approximate surface area is 606 Å². The van der Waals surface area contributed by atoms with E-state index in [4.69, 9.17) is 18.9 Å². The molecule has 2 unspecified atom stereocenters. The summed E-state index contributed by atoms with van der Waals surface area (Å²) in [6, 6.07) is 0. The van der Waals surface area contributed by atoms with Crippen molar-refractivity contribution in [2.45, 2.75) is 489 Å². The number of unbranched alkanes of at least 4 members (excludes halogenated alkanes) is 67. The number of quaternary nitrogens is 1. The third-order valence-corrected chi connectivity index (χ3v) is 20.5. The normalized spacial score (nSPS) is 12.5. The summed E-state index contributed by atoms with van der Waals surface area (Å²) in [7, 11) is 5.96. The van der Waals surface area contributed by atoms with Crippen molar-refractivity contribution in [3.05, 3.63) is 12.2 Å². The molecule has 0 N–H and O–H groups in total. The van der Waals surface area contributed by atoms with E-state index in [1.165, 1.54) is 411 Å². The number of ether oxygens (including phenoxy) is 4. The van der Waals surface area contributed by atoms with Gasteiger partial charge in [-0.25, -0.2) is 0 Å². The van der Waals surface area contributed by atoms with E-state index in [1.807, 2.05) is 21.1 Å². The Morgan fingerprint density at radius 3 is 0.763 bits per heavy atom. The summed E-state index contributed by atoms with van der Waals surface area (Å²) >= 11 is 0. The first kappa shape index (κ1) is 95.0. The number of likely N-dealkylation sites (N-methyl/N-ethyl adjacent to an activating group) is 1. The lowest BCUT2D eigenvalue weighted by Crippen LogP contribution is -2.44. The molecular formula is C88H171NO8. The summed E-state index contributed by atoms with van der Waals surface area (Å²) in [4.78, 5) is 37.7. The molecule has 0 heterocycles. The Hall–Kier alpha value is -1.97. The van der Waals surface area contributed by atoms with E-state index in [0.29, 0.717) is 17.4 Å². The fourth-order valence-corrected chi connectivity index (χ4v) is 13.8. The average molecular weight is 1370 g/mol. The van der Waals surface area contributed by atoms with Gasteiger partial charge in [-0.3, -0.25) is 9.59 Å². The molecule has 97 heavy (non-hydrogen) atoms. The fourth-order valence-electron chi connectivity index (χ4n) is 13.8. The first-order valence-electron chi connectivity index (χ1n) is 43.8. The van der Waals surface area contributed by atoms with E-state index < -0.39 is 24.3 Å². The van der Waals surface area contributed by atoms with Gasteiger partial charge in [0.2, 0.25) is 0 Å². The molecule has 0 aromatic heterocycles. The maximum Gasteiger partial charge on any atom is 0.306 e. The van der Waals surface area contributed by atoms with Crippen molar-refractivity contribution in [1.29, 1.82) is 0 Å². The lowest BCUT2D eigenvalue weighted by molar-refractivity contribution is -0.870. The van der Waals surface area contributed by atoms with Gasteiger partial charge in [0.15, 0.2) is 12.4 Å². The molecule has 576 valence electrons. The SMILES string of the molecule is CCCCCCCCCC/C=C\CCCCCCCCCCCCCCCCCCCCCCCC(=O)OC(COC(=O)CCCCCCCCCCCCCCCCCCCCCCCCCCCCCCCCCCCCCCCCC)COC(OCC[N+](C)(C)C)C(=O)[O-]. The van der Waals surface area contributed by atoms with E-state index in [-0.39, 0.29) is 32.2 Å². The highest BCUT2D eigenvalue weighted by Gasteiger charge is 2.22. The number of aliphatic carboxylic acids is 1. The molecular weight excluding hydrogens is 1200 g/mol. The highest BCUT2D eigenvalue weighted by molar-refractivity contribution is 5.70. The predicted molar refractivity (Wildman–Crippen MR) is 417 cm³/mol. The summed E-state index contributed by atoms with van der Waals surface area (Å²) < 4.78 is 22.9. The number of carbonyl (C=O) groups excluding carboxylic acids is 3. The van der Waals surface area contributed by atoms with Gasteiger partial charge in [0.1, 0.15) is 13.2 Å². The minimum absolute atomic E-state index is 0.153. The molecule has 0 saturated carbocycles. The number of hydrogen-bond donors (Lipinski definition) is 0. The van der Waals surface area contributed by atoms with Crippen LogP contribution in [0.15, 0.2) is 12.2 Å². The second kappa shape index (κ2) is 79.7. The second-order valence-electron chi connectivity index (χ2n) is 31.5. The molecule has 0 amide bonds. The highest BCUT2D eigenvalue weighted by Crippen LogP contribution is 2.21. The second-order valence-corrected chi connectivity index (χ2v) is 31.5. The van der Waals surface area contributed by atoms with Crippen LogP contribution >= 0.6 is 0 Å². The molecule has 9 nitrogen and oxygen atoms in total. The van der Waals surface area contributed by atoms with Crippen LogP contribution in [0.1, 0.15) is 476 Å². The van der Waals surface area contributed by atoms with Crippen LogP contribution in [0.4, 0.5) is 0 Å². The third kappa shape index (κ3) is 81.2. The van der Waals surface area contributed by atoms with Crippen molar-refractivity contribution in [3.8, 4) is 0 Å². The molecule has 2 atom stereocenters. The predicted octanol–water partition coefficient (Wildman–Crippen LogP) is 26.9. The number of esters is 2. The Kier molecular flexibility index (Phi) is 78.1. The average Bonchev–Trinajstić information content (AvgIpc) is 2.59. The van der Waals surface area contributed by atoms with Gasteiger partial charge in [-0.2, -0.15) is 0 Å². The van der Waals surface area contributed by atoms with E-state index in [0.717, 1.165) is 38.5 Å². The Bertz CT molecular complexity index is 1600. The number of carboxylic acid groups (broad SMARTS) is 1. The summed E-state index contributed by atoms with van der Waals surface area (Å²) in [5, 5.41) is 11.9. The van der Waals surface area contributed by atoms with Crippen LogP contribution in [0.25, 0.3) is 0 Å². The highest BCUT2D eigenvalue weighted by atomic mass is 16.7. The lowest BCUT2D eigenvalue weighted by atomic mass is 10.0. The van der Waals surface area contributed by atoms with Crippen molar-refractivity contribution < 1.29 is 42.9 Å². The summed E-state index contributed by atoms with van der Waals surface area (Å²) in [5.41, 5.74) is 0. The molecule has 9 heteroatoms. The third-order valence-electron chi connectivity index (χ3n) is 20.5. The first-order valence-corrected chi connectivity index (χ1v) is 43.8. The summed E-state index contributed by atoms with van der Waals surface area (Å²) in [6.45, 7) is 4.85. The lowest BCUT2D eigenvalue weighted by Gasteiger charge is -2.26. The zero-order valence-electron chi connectivity index (χ0n) is 66.3. The largest absolute Gasteiger partial charge is 0.545 e. The molecule has 0 rings (SSSR count).